The minimum atomic E-state index is -0.972. The normalized spacial score (nSPS) is 10.5. The summed E-state index contributed by atoms with van der Waals surface area (Å²) in [6.45, 7) is 1.78. The summed E-state index contributed by atoms with van der Waals surface area (Å²) in [5.41, 5.74) is 5.18. The van der Waals surface area contributed by atoms with E-state index in [0.717, 1.165) is 6.07 Å². The molecule has 0 bridgehead atoms. The molecular formula is C12H11F2N3O2. The number of nitrogens with zero attached hydrogens (tertiary/aromatic N) is 1. The maximum Gasteiger partial charge on any atom is 0.254 e. The van der Waals surface area contributed by atoms with Gasteiger partial charge in [0.2, 0.25) is 0 Å². The highest BCUT2D eigenvalue weighted by Gasteiger charge is 2.15. The van der Waals surface area contributed by atoms with Gasteiger partial charge in [-0.3, -0.25) is 4.79 Å². The molecule has 0 aliphatic carbocycles. The smallest absolute Gasteiger partial charge is 0.254 e. The zero-order valence-corrected chi connectivity index (χ0v) is 10.0. The van der Waals surface area contributed by atoms with Crippen LogP contribution in [0.25, 0.3) is 0 Å². The number of amides is 1. The summed E-state index contributed by atoms with van der Waals surface area (Å²) in [7, 11) is 0. The lowest BCUT2D eigenvalue weighted by Gasteiger charge is -2.06. The number of rotatable bonds is 3. The number of nitrogens with one attached hydrogen (secondary N) is 1. The molecule has 1 aromatic heterocycles. The quantitative estimate of drug-likeness (QED) is 0.830. The van der Waals surface area contributed by atoms with Crippen molar-refractivity contribution in [2.24, 2.45) is 0 Å². The maximum atomic E-state index is 13.4. The summed E-state index contributed by atoms with van der Waals surface area (Å²) in [6.07, 6.45) is 0. The minimum absolute atomic E-state index is 0.0763. The number of aromatic nitrogens is 1. The van der Waals surface area contributed by atoms with E-state index < -0.39 is 17.5 Å². The number of anilines is 1. The lowest BCUT2D eigenvalue weighted by atomic mass is 10.1. The molecule has 0 unspecified atom stereocenters. The molecule has 1 aromatic carbocycles. The van der Waals surface area contributed by atoms with E-state index in [1.54, 1.807) is 13.0 Å². The van der Waals surface area contributed by atoms with Crippen LogP contribution in [0, 0.1) is 18.6 Å². The van der Waals surface area contributed by atoms with Crippen LogP contribution in [0.2, 0.25) is 0 Å². The highest BCUT2D eigenvalue weighted by atomic mass is 19.1. The van der Waals surface area contributed by atoms with Crippen LogP contribution in [0.15, 0.2) is 22.7 Å². The second-order valence-corrected chi connectivity index (χ2v) is 3.97. The molecule has 0 atom stereocenters. The van der Waals surface area contributed by atoms with Crippen molar-refractivity contribution in [3.05, 3.63) is 46.9 Å². The van der Waals surface area contributed by atoms with Gasteiger partial charge >= 0.3 is 0 Å². The van der Waals surface area contributed by atoms with E-state index in [2.05, 4.69) is 10.5 Å². The van der Waals surface area contributed by atoms with Gasteiger partial charge in [-0.25, -0.2) is 8.78 Å². The fourth-order valence-electron chi connectivity index (χ4n) is 1.51. The van der Waals surface area contributed by atoms with Crippen LogP contribution in [0.3, 0.4) is 0 Å². The third-order valence-corrected chi connectivity index (χ3v) is 2.44. The summed E-state index contributed by atoms with van der Waals surface area (Å²) in [6, 6.07) is 3.16. The zero-order valence-electron chi connectivity index (χ0n) is 10.0. The van der Waals surface area contributed by atoms with Gasteiger partial charge in [0, 0.05) is 12.1 Å². The van der Waals surface area contributed by atoms with Gasteiger partial charge in [0.15, 0.2) is 0 Å². The van der Waals surface area contributed by atoms with Crippen LogP contribution in [0.4, 0.5) is 14.5 Å². The number of carbonyl (C=O) groups excluding carboxylic acids is 1. The number of halogens is 2. The van der Waals surface area contributed by atoms with Crippen LogP contribution >= 0.6 is 0 Å². The fourth-order valence-corrected chi connectivity index (χ4v) is 1.51. The molecule has 2 rings (SSSR count). The third kappa shape index (κ3) is 2.87. The number of nitrogen functional groups attached to an aromatic ring is 1. The monoisotopic (exact) mass is 267 g/mol. The fraction of sp³-hybridized carbons (Fsp3) is 0.167. The minimum Gasteiger partial charge on any atom is -0.396 e. The standard InChI is InChI=1S/C12H11F2N3O2/c1-6-2-7(17-19-6)5-16-12(18)8-3-11(15)10(14)4-9(8)13/h2-4H,5,15H2,1H3,(H,16,18). The van der Waals surface area contributed by atoms with Crippen molar-refractivity contribution in [1.82, 2.24) is 10.5 Å². The number of carbonyl (C=O) groups is 1. The van der Waals surface area contributed by atoms with Crippen LogP contribution in [0.1, 0.15) is 21.8 Å². The van der Waals surface area contributed by atoms with E-state index in [1.807, 2.05) is 0 Å². The molecule has 0 aliphatic rings. The van der Waals surface area contributed by atoms with Crippen molar-refractivity contribution in [3.8, 4) is 0 Å². The lowest BCUT2D eigenvalue weighted by molar-refractivity contribution is 0.0946. The Morgan fingerprint density at radius 2 is 2.11 bits per heavy atom. The van der Waals surface area contributed by atoms with Gasteiger partial charge in [0.1, 0.15) is 23.1 Å². The zero-order chi connectivity index (χ0) is 14.0. The van der Waals surface area contributed by atoms with Crippen molar-refractivity contribution in [3.63, 3.8) is 0 Å². The summed E-state index contributed by atoms with van der Waals surface area (Å²) >= 11 is 0. The molecule has 7 heteroatoms. The topological polar surface area (TPSA) is 81.2 Å². The second kappa shape index (κ2) is 5.05. The number of aryl methyl sites for hydroxylation is 1. The van der Waals surface area contributed by atoms with Gasteiger partial charge < -0.3 is 15.6 Å². The molecule has 0 spiro atoms. The molecule has 1 amide bonds. The predicted molar refractivity (Wildman–Crippen MR) is 63.2 cm³/mol. The highest BCUT2D eigenvalue weighted by molar-refractivity contribution is 5.95. The highest BCUT2D eigenvalue weighted by Crippen LogP contribution is 2.16. The first kappa shape index (κ1) is 13.0. The Morgan fingerprint density at radius 1 is 1.37 bits per heavy atom. The Balaban J connectivity index is 2.10. The Bertz CT molecular complexity index is 625. The number of nitrogens with two attached hydrogens (primary N) is 1. The van der Waals surface area contributed by atoms with Crippen molar-refractivity contribution < 1.29 is 18.1 Å². The van der Waals surface area contributed by atoms with E-state index in [1.165, 1.54) is 0 Å². The van der Waals surface area contributed by atoms with Crippen LogP contribution in [-0.2, 0) is 6.54 Å². The van der Waals surface area contributed by atoms with Crippen molar-refractivity contribution in [2.75, 3.05) is 5.73 Å². The third-order valence-electron chi connectivity index (χ3n) is 2.44. The second-order valence-electron chi connectivity index (χ2n) is 3.97. The lowest BCUT2D eigenvalue weighted by Crippen LogP contribution is -2.24. The van der Waals surface area contributed by atoms with Gasteiger partial charge in [-0.2, -0.15) is 0 Å². The van der Waals surface area contributed by atoms with Crippen LogP contribution < -0.4 is 11.1 Å². The summed E-state index contributed by atoms with van der Waals surface area (Å²) < 4.78 is 31.2. The molecule has 0 radical (unpaired) electrons. The molecule has 19 heavy (non-hydrogen) atoms. The van der Waals surface area contributed by atoms with Crippen molar-refractivity contribution >= 4 is 11.6 Å². The van der Waals surface area contributed by atoms with Crippen LogP contribution in [-0.4, -0.2) is 11.1 Å². The van der Waals surface area contributed by atoms with E-state index in [9.17, 15) is 13.6 Å². The summed E-state index contributed by atoms with van der Waals surface area (Å²) in [4.78, 5) is 11.7. The first-order valence-corrected chi connectivity index (χ1v) is 5.42. The van der Waals surface area contributed by atoms with Gasteiger partial charge in [-0.05, 0) is 13.0 Å². The van der Waals surface area contributed by atoms with Gasteiger partial charge in [-0.15, -0.1) is 0 Å². The van der Waals surface area contributed by atoms with E-state index in [-0.39, 0.29) is 17.8 Å². The summed E-state index contributed by atoms with van der Waals surface area (Å²) in [5, 5.41) is 6.10. The molecule has 0 fully saturated rings. The predicted octanol–water partition coefficient (Wildman–Crippen LogP) is 1.77. The molecular weight excluding hydrogens is 256 g/mol. The van der Waals surface area contributed by atoms with Gasteiger partial charge in [0.05, 0.1) is 17.8 Å². The molecule has 100 valence electrons. The first-order valence-electron chi connectivity index (χ1n) is 5.42. The molecule has 0 aliphatic heterocycles. The molecule has 1 heterocycles. The molecule has 5 nitrogen and oxygen atoms in total. The number of hydrogen-bond acceptors (Lipinski definition) is 4. The van der Waals surface area contributed by atoms with Crippen LogP contribution in [0.5, 0.6) is 0 Å². The maximum absolute atomic E-state index is 13.4. The SMILES string of the molecule is Cc1cc(CNC(=O)c2cc(N)c(F)cc2F)no1. The Hall–Kier alpha value is -2.44. The molecule has 0 saturated carbocycles. The van der Waals surface area contributed by atoms with Crippen molar-refractivity contribution in [1.29, 1.82) is 0 Å². The Kier molecular flexibility index (Phi) is 3.46. The average Bonchev–Trinajstić information content (AvgIpc) is 2.77. The van der Waals surface area contributed by atoms with Gasteiger partial charge in [0.25, 0.3) is 5.91 Å². The molecule has 0 saturated heterocycles. The number of benzene rings is 1. The van der Waals surface area contributed by atoms with E-state index in [0.29, 0.717) is 17.5 Å². The van der Waals surface area contributed by atoms with E-state index >= 15 is 0 Å². The number of hydrogen-bond donors (Lipinski definition) is 2. The Morgan fingerprint density at radius 3 is 2.74 bits per heavy atom. The Labute approximate surface area is 107 Å². The van der Waals surface area contributed by atoms with E-state index in [4.69, 9.17) is 10.3 Å². The molecule has 2 aromatic rings. The summed E-state index contributed by atoms with van der Waals surface area (Å²) in [5.74, 6) is -1.98. The largest absolute Gasteiger partial charge is 0.396 e. The van der Waals surface area contributed by atoms with Crippen molar-refractivity contribution in [2.45, 2.75) is 13.5 Å². The average molecular weight is 267 g/mol. The van der Waals surface area contributed by atoms with Gasteiger partial charge in [-0.1, -0.05) is 5.16 Å². The molecule has 3 N–H and O–H groups in total. The first-order chi connectivity index (χ1) is 8.97.